The maximum atomic E-state index is 13.1. The fourth-order valence-corrected chi connectivity index (χ4v) is 2.14. The second kappa shape index (κ2) is 5.77. The Morgan fingerprint density at radius 3 is 2.47 bits per heavy atom. The fraction of sp³-hybridized carbons (Fsp3) is 0.818. The van der Waals surface area contributed by atoms with Crippen molar-refractivity contribution in [3.05, 3.63) is 0 Å². The first-order chi connectivity index (χ1) is 8.74. The van der Waals surface area contributed by atoms with Gasteiger partial charge in [-0.25, -0.2) is 0 Å². The average molecular weight is 281 g/mol. The molecule has 1 fully saturated rings. The van der Waals surface area contributed by atoms with Crippen LogP contribution in [0.4, 0.5) is 13.2 Å². The van der Waals surface area contributed by atoms with Gasteiger partial charge in [0.25, 0.3) is 0 Å². The summed E-state index contributed by atoms with van der Waals surface area (Å²) in [5.41, 5.74) is -2.41. The van der Waals surface area contributed by atoms with Crippen molar-refractivity contribution in [2.24, 2.45) is 5.41 Å². The predicted molar refractivity (Wildman–Crippen MR) is 62.3 cm³/mol. The van der Waals surface area contributed by atoms with E-state index in [1.807, 2.05) is 0 Å². The van der Waals surface area contributed by atoms with E-state index >= 15 is 0 Å². The van der Waals surface area contributed by atoms with E-state index in [1.54, 1.807) is 6.92 Å². The molecule has 110 valence electrons. The van der Waals surface area contributed by atoms with Crippen LogP contribution in [0, 0.1) is 5.41 Å². The van der Waals surface area contributed by atoms with Gasteiger partial charge in [-0.15, -0.1) is 0 Å². The highest BCUT2D eigenvalue weighted by atomic mass is 19.4. The standard InChI is InChI=1S/C11H18F3N3O2/c1-3-16-8(18)6-17(2)9(19)10(11(12,13)14)4-5-15-7-10/h15H,3-7H2,1-2H3,(H,16,18). The Bertz CT molecular complexity index is 352. The van der Waals surface area contributed by atoms with Crippen molar-refractivity contribution >= 4 is 11.8 Å². The lowest BCUT2D eigenvalue weighted by atomic mass is 9.84. The summed E-state index contributed by atoms with van der Waals surface area (Å²) in [6.07, 6.45) is -4.92. The van der Waals surface area contributed by atoms with Crippen LogP contribution in [0.1, 0.15) is 13.3 Å². The van der Waals surface area contributed by atoms with Crippen molar-refractivity contribution in [1.29, 1.82) is 0 Å². The summed E-state index contributed by atoms with van der Waals surface area (Å²) < 4.78 is 39.4. The van der Waals surface area contributed by atoms with Gasteiger partial charge in [0.15, 0.2) is 5.41 Å². The molecule has 1 saturated heterocycles. The molecular formula is C11H18F3N3O2. The molecule has 2 amide bonds. The third-order valence-electron chi connectivity index (χ3n) is 3.21. The molecule has 5 nitrogen and oxygen atoms in total. The second-order valence-electron chi connectivity index (χ2n) is 4.62. The number of likely N-dealkylation sites (N-methyl/N-ethyl adjacent to an activating group) is 2. The molecule has 1 unspecified atom stereocenters. The van der Waals surface area contributed by atoms with Gasteiger partial charge < -0.3 is 15.5 Å². The zero-order valence-electron chi connectivity index (χ0n) is 10.9. The van der Waals surface area contributed by atoms with Crippen LogP contribution in [0.25, 0.3) is 0 Å². The van der Waals surface area contributed by atoms with Crippen LogP contribution >= 0.6 is 0 Å². The second-order valence-corrected chi connectivity index (χ2v) is 4.62. The first-order valence-electron chi connectivity index (χ1n) is 6.04. The zero-order chi connectivity index (χ0) is 14.7. The Hall–Kier alpha value is -1.31. The number of amides is 2. The summed E-state index contributed by atoms with van der Waals surface area (Å²) >= 11 is 0. The molecule has 0 bridgehead atoms. The summed E-state index contributed by atoms with van der Waals surface area (Å²) in [7, 11) is 1.21. The van der Waals surface area contributed by atoms with Crippen LogP contribution in [0.5, 0.6) is 0 Å². The van der Waals surface area contributed by atoms with Crippen LogP contribution in [0.3, 0.4) is 0 Å². The fourth-order valence-electron chi connectivity index (χ4n) is 2.14. The van der Waals surface area contributed by atoms with Gasteiger partial charge >= 0.3 is 6.18 Å². The molecule has 0 radical (unpaired) electrons. The molecule has 0 aromatic carbocycles. The topological polar surface area (TPSA) is 61.4 Å². The van der Waals surface area contributed by atoms with Gasteiger partial charge in [0.1, 0.15) is 0 Å². The maximum Gasteiger partial charge on any atom is 0.404 e. The first-order valence-corrected chi connectivity index (χ1v) is 6.04. The zero-order valence-corrected chi connectivity index (χ0v) is 10.9. The Morgan fingerprint density at radius 2 is 2.05 bits per heavy atom. The van der Waals surface area contributed by atoms with E-state index in [9.17, 15) is 22.8 Å². The maximum absolute atomic E-state index is 13.1. The first kappa shape index (κ1) is 15.7. The summed E-state index contributed by atoms with van der Waals surface area (Å²) in [6, 6.07) is 0. The van der Waals surface area contributed by atoms with Crippen molar-refractivity contribution in [3.8, 4) is 0 Å². The van der Waals surface area contributed by atoms with E-state index in [4.69, 9.17) is 0 Å². The lowest BCUT2D eigenvalue weighted by Gasteiger charge is -2.33. The van der Waals surface area contributed by atoms with Gasteiger partial charge in [-0.05, 0) is 19.9 Å². The Balaban J connectivity index is 2.81. The Morgan fingerprint density at radius 1 is 1.42 bits per heavy atom. The summed E-state index contributed by atoms with van der Waals surface area (Å²) in [5, 5.41) is 5.01. The van der Waals surface area contributed by atoms with E-state index < -0.39 is 30.0 Å². The van der Waals surface area contributed by atoms with Crippen LogP contribution in [0.2, 0.25) is 0 Å². The number of hydrogen-bond donors (Lipinski definition) is 2. The SMILES string of the molecule is CCNC(=O)CN(C)C(=O)C1(C(F)(F)F)CCNC1. The number of nitrogens with zero attached hydrogens (tertiary/aromatic N) is 1. The summed E-state index contributed by atoms with van der Waals surface area (Å²) in [5.74, 6) is -1.53. The number of rotatable bonds is 4. The minimum absolute atomic E-state index is 0.139. The van der Waals surface area contributed by atoms with Gasteiger partial charge in [-0.3, -0.25) is 9.59 Å². The number of halogens is 3. The molecule has 2 N–H and O–H groups in total. The molecule has 1 heterocycles. The smallest absolute Gasteiger partial charge is 0.355 e. The molecule has 0 spiro atoms. The van der Waals surface area contributed by atoms with Gasteiger partial charge in [0.05, 0.1) is 6.54 Å². The molecule has 0 saturated carbocycles. The van der Waals surface area contributed by atoms with Crippen molar-refractivity contribution in [3.63, 3.8) is 0 Å². The highest BCUT2D eigenvalue weighted by Crippen LogP contribution is 2.44. The quantitative estimate of drug-likeness (QED) is 0.769. The highest BCUT2D eigenvalue weighted by Gasteiger charge is 2.62. The molecule has 0 aliphatic carbocycles. The molecule has 1 aliphatic heterocycles. The van der Waals surface area contributed by atoms with E-state index in [-0.39, 0.29) is 19.5 Å². The largest absolute Gasteiger partial charge is 0.404 e. The monoisotopic (exact) mass is 281 g/mol. The lowest BCUT2D eigenvalue weighted by Crippen LogP contribution is -2.54. The molecule has 1 atom stereocenters. The Labute approximate surface area is 109 Å². The number of carbonyl (C=O) groups is 2. The molecule has 8 heteroatoms. The molecule has 0 aromatic heterocycles. The summed E-state index contributed by atoms with van der Waals surface area (Å²) in [4.78, 5) is 24.2. The Kier molecular flexibility index (Phi) is 4.78. The number of hydrogen-bond acceptors (Lipinski definition) is 3. The van der Waals surface area contributed by atoms with Crippen LogP contribution in [0.15, 0.2) is 0 Å². The van der Waals surface area contributed by atoms with Gasteiger partial charge in [0, 0.05) is 20.1 Å². The minimum Gasteiger partial charge on any atom is -0.355 e. The predicted octanol–water partition coefficient (Wildman–Crippen LogP) is 0.123. The van der Waals surface area contributed by atoms with E-state index in [0.29, 0.717) is 6.54 Å². The minimum atomic E-state index is -4.62. The normalized spacial score (nSPS) is 23.2. The number of carbonyl (C=O) groups excluding carboxylic acids is 2. The van der Waals surface area contributed by atoms with Crippen molar-refractivity contribution in [2.75, 3.05) is 33.2 Å². The molecule has 19 heavy (non-hydrogen) atoms. The van der Waals surface area contributed by atoms with Gasteiger partial charge in [-0.1, -0.05) is 0 Å². The van der Waals surface area contributed by atoms with Crippen LogP contribution in [-0.2, 0) is 9.59 Å². The number of alkyl halides is 3. The molecule has 1 rings (SSSR count). The third kappa shape index (κ3) is 3.17. The molecule has 1 aliphatic rings. The average Bonchev–Trinajstić information content (AvgIpc) is 2.77. The lowest BCUT2D eigenvalue weighted by molar-refractivity contribution is -0.221. The van der Waals surface area contributed by atoms with Gasteiger partial charge in [0.2, 0.25) is 11.8 Å². The van der Waals surface area contributed by atoms with E-state index in [1.165, 1.54) is 7.05 Å². The molecule has 0 aromatic rings. The van der Waals surface area contributed by atoms with Gasteiger partial charge in [-0.2, -0.15) is 13.2 Å². The van der Waals surface area contributed by atoms with Crippen molar-refractivity contribution in [1.82, 2.24) is 15.5 Å². The number of nitrogens with one attached hydrogen (secondary N) is 2. The van der Waals surface area contributed by atoms with E-state index in [0.717, 1.165) is 4.90 Å². The molecular weight excluding hydrogens is 263 g/mol. The summed E-state index contributed by atoms with van der Waals surface area (Å²) in [6.45, 7) is 1.39. The van der Waals surface area contributed by atoms with E-state index in [2.05, 4.69) is 10.6 Å². The highest BCUT2D eigenvalue weighted by molar-refractivity contribution is 5.88. The third-order valence-corrected chi connectivity index (χ3v) is 3.21. The van der Waals surface area contributed by atoms with Crippen molar-refractivity contribution in [2.45, 2.75) is 19.5 Å². The van der Waals surface area contributed by atoms with Crippen LogP contribution in [-0.4, -0.2) is 56.1 Å². The van der Waals surface area contributed by atoms with Crippen LogP contribution < -0.4 is 10.6 Å². The van der Waals surface area contributed by atoms with Crippen molar-refractivity contribution < 1.29 is 22.8 Å².